The normalized spacial score (nSPS) is 22.9. The van der Waals surface area contributed by atoms with Crippen molar-refractivity contribution in [2.24, 2.45) is 0 Å². The van der Waals surface area contributed by atoms with Gasteiger partial charge in [-0.25, -0.2) is 0 Å². The Hall–Kier alpha value is -0.380. The Labute approximate surface area is 80.6 Å². The van der Waals surface area contributed by atoms with Crippen LogP contribution >= 0.6 is 0 Å². The maximum Gasteiger partial charge on any atom is 0.0639 e. The molecule has 1 saturated heterocycles. The molecule has 0 aromatic heterocycles. The highest BCUT2D eigenvalue weighted by molar-refractivity contribution is 4.79. The molecule has 0 saturated carbocycles. The van der Waals surface area contributed by atoms with Gasteiger partial charge >= 0.3 is 0 Å². The average molecular weight is 184 g/mol. The molecule has 0 aromatic rings. The van der Waals surface area contributed by atoms with Crippen molar-refractivity contribution < 1.29 is 5.11 Å². The van der Waals surface area contributed by atoms with E-state index in [2.05, 4.69) is 16.4 Å². The fourth-order valence-electron chi connectivity index (χ4n) is 1.71. The number of aliphatic hydroxyl groups excluding tert-OH is 1. The van der Waals surface area contributed by atoms with Crippen LogP contribution in [0.5, 0.6) is 0 Å². The van der Waals surface area contributed by atoms with Crippen LogP contribution < -0.4 is 0 Å². The van der Waals surface area contributed by atoms with E-state index in [1.807, 2.05) is 13.0 Å². The summed E-state index contributed by atoms with van der Waals surface area (Å²) >= 11 is 0. The molecule has 1 fully saturated rings. The first-order valence-electron chi connectivity index (χ1n) is 4.96. The fourth-order valence-corrected chi connectivity index (χ4v) is 1.71. The van der Waals surface area contributed by atoms with E-state index in [1.165, 1.54) is 0 Å². The van der Waals surface area contributed by atoms with Crippen LogP contribution in [-0.2, 0) is 0 Å². The molecule has 13 heavy (non-hydrogen) atoms. The number of piperazine rings is 1. The summed E-state index contributed by atoms with van der Waals surface area (Å²) in [7, 11) is 0. The summed E-state index contributed by atoms with van der Waals surface area (Å²) in [5.74, 6) is 0. The molecule has 1 heterocycles. The molecule has 0 radical (unpaired) electrons. The summed E-state index contributed by atoms with van der Waals surface area (Å²) in [6.45, 7) is 11.7. The summed E-state index contributed by atoms with van der Waals surface area (Å²) in [5, 5.41) is 9.20. The van der Waals surface area contributed by atoms with E-state index in [1.54, 1.807) is 0 Å². The molecular weight excluding hydrogens is 164 g/mol. The SMILES string of the molecule is C=CCN1CCN(CC(C)O)CC1. The zero-order valence-electron chi connectivity index (χ0n) is 8.45. The Kier molecular flexibility index (Phi) is 4.42. The largest absolute Gasteiger partial charge is 0.392 e. The molecule has 1 N–H and O–H groups in total. The molecule has 0 aromatic carbocycles. The average Bonchev–Trinajstić information content (AvgIpc) is 2.08. The maximum absolute atomic E-state index is 9.20. The van der Waals surface area contributed by atoms with E-state index in [4.69, 9.17) is 0 Å². The smallest absolute Gasteiger partial charge is 0.0639 e. The molecular formula is C10H20N2O. The highest BCUT2D eigenvalue weighted by atomic mass is 16.3. The first-order chi connectivity index (χ1) is 6.22. The van der Waals surface area contributed by atoms with E-state index in [0.29, 0.717) is 0 Å². The van der Waals surface area contributed by atoms with E-state index in [0.717, 1.165) is 39.3 Å². The van der Waals surface area contributed by atoms with Crippen LogP contribution in [0.15, 0.2) is 12.7 Å². The lowest BCUT2D eigenvalue weighted by Gasteiger charge is -2.34. The number of hydrogen-bond donors (Lipinski definition) is 1. The molecule has 0 bridgehead atoms. The van der Waals surface area contributed by atoms with Gasteiger partial charge in [-0.1, -0.05) is 6.08 Å². The van der Waals surface area contributed by atoms with Gasteiger partial charge in [-0.2, -0.15) is 0 Å². The summed E-state index contributed by atoms with van der Waals surface area (Å²) in [4.78, 5) is 4.69. The topological polar surface area (TPSA) is 26.7 Å². The third-order valence-corrected chi connectivity index (χ3v) is 2.37. The predicted molar refractivity (Wildman–Crippen MR) is 54.8 cm³/mol. The van der Waals surface area contributed by atoms with E-state index in [9.17, 15) is 5.11 Å². The fraction of sp³-hybridized carbons (Fsp3) is 0.800. The number of rotatable bonds is 4. The van der Waals surface area contributed by atoms with E-state index in [-0.39, 0.29) is 6.10 Å². The van der Waals surface area contributed by atoms with Gasteiger partial charge in [-0.05, 0) is 6.92 Å². The zero-order chi connectivity index (χ0) is 9.68. The molecule has 0 amide bonds. The summed E-state index contributed by atoms with van der Waals surface area (Å²) in [6, 6.07) is 0. The summed E-state index contributed by atoms with van der Waals surface area (Å²) < 4.78 is 0. The Morgan fingerprint density at radius 1 is 1.31 bits per heavy atom. The van der Waals surface area contributed by atoms with Crippen molar-refractivity contribution in [3.8, 4) is 0 Å². The number of hydrogen-bond acceptors (Lipinski definition) is 3. The zero-order valence-corrected chi connectivity index (χ0v) is 8.45. The third kappa shape index (κ3) is 3.89. The second kappa shape index (κ2) is 5.37. The number of β-amino-alcohol motifs (C(OH)–C–C–N with tert-alkyl or cyclic N) is 1. The third-order valence-electron chi connectivity index (χ3n) is 2.37. The Bertz CT molecular complexity index is 151. The van der Waals surface area contributed by atoms with Crippen molar-refractivity contribution in [2.75, 3.05) is 39.3 Å². The van der Waals surface area contributed by atoms with Gasteiger partial charge in [0.2, 0.25) is 0 Å². The van der Waals surface area contributed by atoms with Crippen LogP contribution in [0.1, 0.15) is 6.92 Å². The highest BCUT2D eigenvalue weighted by Crippen LogP contribution is 2.02. The molecule has 1 aliphatic rings. The van der Waals surface area contributed by atoms with Gasteiger partial charge in [0.1, 0.15) is 0 Å². The lowest BCUT2D eigenvalue weighted by molar-refractivity contribution is 0.0851. The van der Waals surface area contributed by atoms with Crippen LogP contribution in [0.2, 0.25) is 0 Å². The molecule has 0 aliphatic carbocycles. The summed E-state index contributed by atoms with van der Waals surface area (Å²) in [6.07, 6.45) is 1.75. The van der Waals surface area contributed by atoms with E-state index >= 15 is 0 Å². The van der Waals surface area contributed by atoms with Crippen molar-refractivity contribution in [1.82, 2.24) is 9.80 Å². The minimum absolute atomic E-state index is 0.203. The summed E-state index contributed by atoms with van der Waals surface area (Å²) in [5.41, 5.74) is 0. The quantitative estimate of drug-likeness (QED) is 0.631. The molecule has 1 rings (SSSR count). The molecule has 76 valence electrons. The standard InChI is InChI=1S/C10H20N2O/c1-3-4-11-5-7-12(8-6-11)9-10(2)13/h3,10,13H,1,4-9H2,2H3. The molecule has 1 aliphatic heterocycles. The minimum Gasteiger partial charge on any atom is -0.392 e. The molecule has 1 atom stereocenters. The van der Waals surface area contributed by atoms with Gasteiger partial charge < -0.3 is 5.11 Å². The van der Waals surface area contributed by atoms with Crippen molar-refractivity contribution in [2.45, 2.75) is 13.0 Å². The first kappa shape index (κ1) is 10.7. The van der Waals surface area contributed by atoms with Gasteiger partial charge in [0.25, 0.3) is 0 Å². The second-order valence-corrected chi connectivity index (χ2v) is 3.74. The van der Waals surface area contributed by atoms with Crippen molar-refractivity contribution >= 4 is 0 Å². The van der Waals surface area contributed by atoms with E-state index < -0.39 is 0 Å². The van der Waals surface area contributed by atoms with Crippen LogP contribution in [0.25, 0.3) is 0 Å². The van der Waals surface area contributed by atoms with Gasteiger partial charge in [0, 0.05) is 39.3 Å². The van der Waals surface area contributed by atoms with Crippen molar-refractivity contribution in [1.29, 1.82) is 0 Å². The van der Waals surface area contributed by atoms with Crippen molar-refractivity contribution in [3.63, 3.8) is 0 Å². The van der Waals surface area contributed by atoms with Crippen LogP contribution in [0.3, 0.4) is 0 Å². The molecule has 3 heteroatoms. The van der Waals surface area contributed by atoms with Crippen LogP contribution in [0.4, 0.5) is 0 Å². The molecule has 0 spiro atoms. The van der Waals surface area contributed by atoms with Crippen LogP contribution in [0, 0.1) is 0 Å². The van der Waals surface area contributed by atoms with Gasteiger partial charge in [-0.15, -0.1) is 6.58 Å². The van der Waals surface area contributed by atoms with Crippen molar-refractivity contribution in [3.05, 3.63) is 12.7 Å². The minimum atomic E-state index is -0.203. The first-order valence-corrected chi connectivity index (χ1v) is 4.96. The second-order valence-electron chi connectivity index (χ2n) is 3.74. The van der Waals surface area contributed by atoms with Crippen LogP contribution in [-0.4, -0.2) is 60.3 Å². The van der Waals surface area contributed by atoms with Gasteiger partial charge in [0.15, 0.2) is 0 Å². The molecule has 1 unspecified atom stereocenters. The lowest BCUT2D eigenvalue weighted by atomic mass is 10.3. The molecule has 3 nitrogen and oxygen atoms in total. The Morgan fingerprint density at radius 3 is 2.31 bits per heavy atom. The lowest BCUT2D eigenvalue weighted by Crippen LogP contribution is -2.48. The maximum atomic E-state index is 9.20. The monoisotopic (exact) mass is 184 g/mol. The predicted octanol–water partition coefficient (Wildman–Crippen LogP) is 0.171. The number of aliphatic hydroxyl groups is 1. The number of nitrogens with zero attached hydrogens (tertiary/aromatic N) is 2. The Morgan fingerprint density at radius 2 is 1.85 bits per heavy atom. The highest BCUT2D eigenvalue weighted by Gasteiger charge is 2.16. The van der Waals surface area contributed by atoms with Gasteiger partial charge in [0.05, 0.1) is 6.10 Å². The van der Waals surface area contributed by atoms with Gasteiger partial charge in [-0.3, -0.25) is 9.80 Å². The Balaban J connectivity index is 2.18.